The molecular formula is C14H25N3O3. The summed E-state index contributed by atoms with van der Waals surface area (Å²) in [5.74, 6) is -1.05. The highest BCUT2D eigenvalue weighted by Gasteiger charge is 2.35. The molecule has 1 saturated carbocycles. The standard InChI is InChI=1S/C14H25N3O3/c1-14(2)9-17(7-6-16(14)3)13(20)15-11-5-4-10(8-11)12(18)19/h10-11H,4-9H2,1-3H3,(H,15,20)(H,18,19). The van der Waals surface area contributed by atoms with Crippen LogP contribution in [0.25, 0.3) is 0 Å². The van der Waals surface area contributed by atoms with Gasteiger partial charge in [0.1, 0.15) is 0 Å². The predicted octanol–water partition coefficient (Wildman–Crippen LogP) is 0.975. The van der Waals surface area contributed by atoms with Crippen molar-refractivity contribution in [3.8, 4) is 0 Å². The number of carboxylic acids is 1. The van der Waals surface area contributed by atoms with E-state index in [0.717, 1.165) is 19.5 Å². The van der Waals surface area contributed by atoms with Crippen LogP contribution in [0.2, 0.25) is 0 Å². The van der Waals surface area contributed by atoms with Crippen molar-refractivity contribution in [3.05, 3.63) is 0 Å². The largest absolute Gasteiger partial charge is 0.481 e. The van der Waals surface area contributed by atoms with Gasteiger partial charge in [-0.25, -0.2) is 4.79 Å². The third-order valence-corrected chi connectivity index (χ3v) is 4.71. The van der Waals surface area contributed by atoms with Crippen molar-refractivity contribution in [3.63, 3.8) is 0 Å². The van der Waals surface area contributed by atoms with Crippen LogP contribution in [0.3, 0.4) is 0 Å². The monoisotopic (exact) mass is 283 g/mol. The lowest BCUT2D eigenvalue weighted by Gasteiger charge is -2.45. The fourth-order valence-corrected chi connectivity index (χ4v) is 3.02. The Labute approximate surface area is 120 Å². The molecule has 2 aliphatic rings. The highest BCUT2D eigenvalue weighted by atomic mass is 16.4. The zero-order valence-corrected chi connectivity index (χ0v) is 12.6. The van der Waals surface area contributed by atoms with Gasteiger partial charge in [-0.1, -0.05) is 0 Å². The Morgan fingerprint density at radius 2 is 1.95 bits per heavy atom. The normalized spacial score (nSPS) is 30.2. The molecule has 0 radical (unpaired) electrons. The first-order valence-corrected chi connectivity index (χ1v) is 7.29. The molecule has 114 valence electrons. The van der Waals surface area contributed by atoms with Crippen molar-refractivity contribution in [1.82, 2.24) is 15.1 Å². The van der Waals surface area contributed by atoms with Crippen LogP contribution in [-0.2, 0) is 4.79 Å². The highest BCUT2D eigenvalue weighted by Crippen LogP contribution is 2.26. The predicted molar refractivity (Wildman–Crippen MR) is 75.6 cm³/mol. The molecule has 1 saturated heterocycles. The van der Waals surface area contributed by atoms with Gasteiger partial charge in [0.2, 0.25) is 0 Å². The molecule has 2 rings (SSSR count). The Morgan fingerprint density at radius 3 is 2.50 bits per heavy atom. The average molecular weight is 283 g/mol. The summed E-state index contributed by atoms with van der Waals surface area (Å²) in [6, 6.07) is -0.0476. The van der Waals surface area contributed by atoms with Gasteiger partial charge in [-0.3, -0.25) is 9.69 Å². The molecule has 6 nitrogen and oxygen atoms in total. The number of nitrogens with zero attached hydrogens (tertiary/aromatic N) is 2. The molecule has 0 aromatic rings. The molecule has 0 aromatic carbocycles. The van der Waals surface area contributed by atoms with E-state index in [1.807, 2.05) is 4.90 Å². The molecule has 0 spiro atoms. The molecule has 2 atom stereocenters. The molecule has 20 heavy (non-hydrogen) atoms. The number of piperazine rings is 1. The fourth-order valence-electron chi connectivity index (χ4n) is 3.02. The van der Waals surface area contributed by atoms with Crippen LogP contribution in [0.15, 0.2) is 0 Å². The van der Waals surface area contributed by atoms with E-state index in [1.165, 1.54) is 0 Å². The summed E-state index contributed by atoms with van der Waals surface area (Å²) in [5.41, 5.74) is -0.0190. The second-order valence-corrected chi connectivity index (χ2v) is 6.65. The van der Waals surface area contributed by atoms with E-state index < -0.39 is 5.97 Å². The van der Waals surface area contributed by atoms with Gasteiger partial charge in [-0.2, -0.15) is 0 Å². The van der Waals surface area contributed by atoms with Crippen molar-refractivity contribution in [2.24, 2.45) is 5.92 Å². The molecule has 1 heterocycles. The molecule has 2 N–H and O–H groups in total. The Balaban J connectivity index is 1.85. The Kier molecular flexibility index (Phi) is 4.22. The maximum atomic E-state index is 12.3. The summed E-state index contributed by atoms with van der Waals surface area (Å²) < 4.78 is 0. The molecule has 0 bridgehead atoms. The quantitative estimate of drug-likeness (QED) is 0.792. The van der Waals surface area contributed by atoms with Gasteiger partial charge < -0.3 is 15.3 Å². The minimum absolute atomic E-state index is 0.00590. The van der Waals surface area contributed by atoms with E-state index in [4.69, 9.17) is 5.11 Å². The number of nitrogens with one attached hydrogen (secondary N) is 1. The van der Waals surface area contributed by atoms with Crippen molar-refractivity contribution < 1.29 is 14.7 Å². The first-order valence-electron chi connectivity index (χ1n) is 7.29. The fraction of sp³-hybridized carbons (Fsp3) is 0.857. The smallest absolute Gasteiger partial charge is 0.317 e. The van der Waals surface area contributed by atoms with E-state index in [0.29, 0.717) is 19.4 Å². The zero-order valence-electron chi connectivity index (χ0n) is 12.6. The van der Waals surface area contributed by atoms with Gasteiger partial charge >= 0.3 is 12.0 Å². The number of hydrogen-bond acceptors (Lipinski definition) is 3. The van der Waals surface area contributed by atoms with Crippen molar-refractivity contribution >= 4 is 12.0 Å². The summed E-state index contributed by atoms with van der Waals surface area (Å²) in [6.45, 7) is 6.54. The molecular weight excluding hydrogens is 258 g/mol. The Hall–Kier alpha value is -1.30. The molecule has 2 fully saturated rings. The van der Waals surface area contributed by atoms with Gasteiger partial charge in [0, 0.05) is 31.2 Å². The number of amides is 2. The maximum absolute atomic E-state index is 12.3. The second-order valence-electron chi connectivity index (χ2n) is 6.65. The maximum Gasteiger partial charge on any atom is 0.317 e. The van der Waals surface area contributed by atoms with E-state index in [9.17, 15) is 9.59 Å². The lowest BCUT2D eigenvalue weighted by molar-refractivity contribution is -0.141. The molecule has 6 heteroatoms. The van der Waals surface area contributed by atoms with E-state index in [2.05, 4.69) is 31.1 Å². The number of urea groups is 1. The van der Waals surface area contributed by atoms with Crippen LogP contribution in [0, 0.1) is 5.92 Å². The summed E-state index contributed by atoms with van der Waals surface area (Å²) in [4.78, 5) is 27.3. The van der Waals surface area contributed by atoms with Gasteiger partial charge in [-0.05, 0) is 40.2 Å². The molecule has 2 unspecified atom stereocenters. The highest BCUT2D eigenvalue weighted by molar-refractivity contribution is 5.75. The van der Waals surface area contributed by atoms with Crippen LogP contribution in [0.1, 0.15) is 33.1 Å². The van der Waals surface area contributed by atoms with Crippen LogP contribution in [0.5, 0.6) is 0 Å². The van der Waals surface area contributed by atoms with Gasteiger partial charge in [-0.15, -0.1) is 0 Å². The average Bonchev–Trinajstić information content (AvgIpc) is 2.81. The SMILES string of the molecule is CN1CCN(C(=O)NC2CCC(C(=O)O)C2)CC1(C)C. The van der Waals surface area contributed by atoms with Crippen LogP contribution < -0.4 is 5.32 Å². The number of aliphatic carboxylic acids is 1. The number of likely N-dealkylation sites (N-methyl/N-ethyl adjacent to an activating group) is 1. The van der Waals surface area contributed by atoms with Crippen molar-refractivity contribution in [2.75, 3.05) is 26.7 Å². The number of carboxylic acid groups (broad SMARTS) is 1. The Bertz CT molecular complexity index is 397. The lowest BCUT2D eigenvalue weighted by atomic mass is 10.00. The minimum Gasteiger partial charge on any atom is -0.481 e. The third-order valence-electron chi connectivity index (χ3n) is 4.71. The van der Waals surface area contributed by atoms with E-state index >= 15 is 0 Å². The van der Waals surface area contributed by atoms with Crippen LogP contribution >= 0.6 is 0 Å². The van der Waals surface area contributed by atoms with E-state index in [1.54, 1.807) is 0 Å². The number of carbonyl (C=O) groups is 2. The topological polar surface area (TPSA) is 72.9 Å². The van der Waals surface area contributed by atoms with Crippen molar-refractivity contribution in [1.29, 1.82) is 0 Å². The molecule has 1 aliphatic carbocycles. The number of carbonyl (C=O) groups excluding carboxylic acids is 1. The van der Waals surface area contributed by atoms with Crippen LogP contribution in [0.4, 0.5) is 4.79 Å². The first-order chi connectivity index (χ1) is 9.29. The first kappa shape index (κ1) is 15.1. The Morgan fingerprint density at radius 1 is 1.25 bits per heavy atom. The van der Waals surface area contributed by atoms with Gasteiger partial charge in [0.05, 0.1) is 5.92 Å². The summed E-state index contributed by atoms with van der Waals surface area (Å²) in [6.07, 6.45) is 1.98. The zero-order chi connectivity index (χ0) is 14.9. The van der Waals surface area contributed by atoms with Crippen LogP contribution in [-0.4, -0.2) is 65.2 Å². The number of hydrogen-bond donors (Lipinski definition) is 2. The summed E-state index contributed by atoms with van der Waals surface area (Å²) in [5, 5.41) is 12.0. The molecule has 1 aliphatic heterocycles. The summed E-state index contributed by atoms with van der Waals surface area (Å²) >= 11 is 0. The summed E-state index contributed by atoms with van der Waals surface area (Å²) in [7, 11) is 2.07. The second kappa shape index (κ2) is 5.60. The van der Waals surface area contributed by atoms with E-state index in [-0.39, 0.29) is 23.5 Å². The minimum atomic E-state index is -0.748. The third kappa shape index (κ3) is 3.23. The van der Waals surface area contributed by atoms with Gasteiger partial charge in [0.15, 0.2) is 0 Å². The lowest BCUT2D eigenvalue weighted by Crippen LogP contribution is -2.61. The molecule has 0 aromatic heterocycles. The van der Waals surface area contributed by atoms with Crippen molar-refractivity contribution in [2.45, 2.75) is 44.7 Å². The van der Waals surface area contributed by atoms with Gasteiger partial charge in [0.25, 0.3) is 0 Å². The molecule has 2 amide bonds. The number of rotatable bonds is 2.